The summed E-state index contributed by atoms with van der Waals surface area (Å²) in [5, 5.41) is 14.8. The van der Waals surface area contributed by atoms with Gasteiger partial charge in [0.1, 0.15) is 5.60 Å². The van der Waals surface area contributed by atoms with Crippen molar-refractivity contribution in [1.82, 2.24) is 4.90 Å². The fourth-order valence-electron chi connectivity index (χ4n) is 1.88. The van der Waals surface area contributed by atoms with Crippen molar-refractivity contribution in [3.05, 3.63) is 0 Å². The maximum Gasteiger partial charge on any atom is 0.414 e. The van der Waals surface area contributed by atoms with E-state index in [0.29, 0.717) is 19.6 Å². The standard InChI is InChI=1S/C12H24N2O3.C2H2O4/c1-11(2,3)17-10(15)14-7-9(6-13)16-12(4,5)8-14;3-1(4)2(5)6/h9H,6-8,13H2,1-5H3;(H,3,4)(H,5,6). The Morgan fingerprint density at radius 3 is 2.09 bits per heavy atom. The maximum absolute atomic E-state index is 12.0. The van der Waals surface area contributed by atoms with Gasteiger partial charge in [0.15, 0.2) is 0 Å². The third-order valence-corrected chi connectivity index (χ3v) is 2.58. The highest BCUT2D eigenvalue weighted by molar-refractivity contribution is 6.27. The topological polar surface area (TPSA) is 139 Å². The molecule has 1 aliphatic rings. The first-order valence-corrected chi connectivity index (χ1v) is 7.09. The second-order valence-corrected chi connectivity index (χ2v) is 6.71. The van der Waals surface area contributed by atoms with Crippen molar-refractivity contribution in [3.8, 4) is 0 Å². The Bertz CT molecular complexity index is 431. The van der Waals surface area contributed by atoms with Crippen LogP contribution in [0.2, 0.25) is 0 Å². The van der Waals surface area contributed by atoms with Crippen LogP contribution in [-0.4, -0.2) is 70.1 Å². The number of hydrogen-bond acceptors (Lipinski definition) is 6. The minimum atomic E-state index is -1.82. The molecule has 1 fully saturated rings. The van der Waals surface area contributed by atoms with Crippen molar-refractivity contribution >= 4 is 18.0 Å². The van der Waals surface area contributed by atoms with Crippen molar-refractivity contribution in [1.29, 1.82) is 0 Å². The van der Waals surface area contributed by atoms with E-state index < -0.39 is 17.5 Å². The van der Waals surface area contributed by atoms with Crippen LogP contribution in [0.5, 0.6) is 0 Å². The molecule has 1 atom stereocenters. The molecule has 0 saturated carbocycles. The number of rotatable bonds is 1. The van der Waals surface area contributed by atoms with Gasteiger partial charge in [0, 0.05) is 6.54 Å². The quantitative estimate of drug-likeness (QED) is 0.589. The van der Waals surface area contributed by atoms with E-state index in [1.54, 1.807) is 4.90 Å². The predicted octanol–water partition coefficient (Wildman–Crippen LogP) is 0.515. The fourth-order valence-corrected chi connectivity index (χ4v) is 1.88. The van der Waals surface area contributed by atoms with E-state index >= 15 is 0 Å². The summed E-state index contributed by atoms with van der Waals surface area (Å²) in [6, 6.07) is 0. The molecule has 0 aromatic carbocycles. The highest BCUT2D eigenvalue weighted by atomic mass is 16.6. The summed E-state index contributed by atoms with van der Waals surface area (Å²) < 4.78 is 11.1. The molecule has 1 saturated heterocycles. The predicted molar refractivity (Wildman–Crippen MR) is 81.1 cm³/mol. The molecule has 1 unspecified atom stereocenters. The molecule has 0 aromatic rings. The third kappa shape index (κ3) is 8.99. The van der Waals surface area contributed by atoms with Gasteiger partial charge < -0.3 is 30.3 Å². The number of nitrogens with zero attached hydrogens (tertiary/aromatic N) is 1. The van der Waals surface area contributed by atoms with Crippen LogP contribution in [0.3, 0.4) is 0 Å². The summed E-state index contributed by atoms with van der Waals surface area (Å²) >= 11 is 0. The molecule has 9 heteroatoms. The van der Waals surface area contributed by atoms with Crippen LogP contribution >= 0.6 is 0 Å². The zero-order chi connectivity index (χ0) is 18.4. The lowest BCUT2D eigenvalue weighted by Gasteiger charge is -2.42. The van der Waals surface area contributed by atoms with Crippen molar-refractivity contribution in [3.63, 3.8) is 0 Å². The molecule has 0 spiro atoms. The molecule has 0 radical (unpaired) electrons. The summed E-state index contributed by atoms with van der Waals surface area (Å²) in [5.74, 6) is -3.65. The summed E-state index contributed by atoms with van der Waals surface area (Å²) in [5.41, 5.74) is 4.76. The van der Waals surface area contributed by atoms with Crippen LogP contribution in [0.15, 0.2) is 0 Å². The second-order valence-electron chi connectivity index (χ2n) is 6.71. The first kappa shape index (κ1) is 21.1. The molecule has 9 nitrogen and oxygen atoms in total. The highest BCUT2D eigenvalue weighted by Crippen LogP contribution is 2.22. The van der Waals surface area contributed by atoms with E-state index in [9.17, 15) is 4.79 Å². The lowest BCUT2D eigenvalue weighted by atomic mass is 10.1. The van der Waals surface area contributed by atoms with Crippen molar-refractivity contribution in [2.24, 2.45) is 5.73 Å². The SMILES string of the molecule is CC(C)(C)OC(=O)N1CC(CN)OC(C)(C)C1.O=C(O)C(=O)O. The van der Waals surface area contributed by atoms with Crippen LogP contribution in [0.1, 0.15) is 34.6 Å². The van der Waals surface area contributed by atoms with Gasteiger partial charge in [-0.05, 0) is 34.6 Å². The Kier molecular flexibility index (Phi) is 7.45. The maximum atomic E-state index is 12.0. The van der Waals surface area contributed by atoms with Gasteiger partial charge in [0.25, 0.3) is 0 Å². The number of amides is 1. The number of morpholine rings is 1. The zero-order valence-electron chi connectivity index (χ0n) is 14.2. The van der Waals surface area contributed by atoms with Crippen molar-refractivity contribution in [2.75, 3.05) is 19.6 Å². The molecular weight excluding hydrogens is 308 g/mol. The number of hydrogen-bond donors (Lipinski definition) is 3. The number of carbonyl (C=O) groups is 3. The van der Waals surface area contributed by atoms with Gasteiger partial charge in [-0.15, -0.1) is 0 Å². The Balaban J connectivity index is 0.000000688. The fraction of sp³-hybridized carbons (Fsp3) is 0.786. The lowest BCUT2D eigenvalue weighted by Crippen LogP contribution is -2.57. The normalized spacial score (nSPS) is 20.1. The van der Waals surface area contributed by atoms with Crippen molar-refractivity contribution in [2.45, 2.75) is 51.9 Å². The van der Waals surface area contributed by atoms with E-state index in [2.05, 4.69) is 0 Å². The van der Waals surface area contributed by atoms with E-state index in [1.165, 1.54) is 0 Å². The minimum absolute atomic E-state index is 0.119. The summed E-state index contributed by atoms with van der Waals surface area (Å²) in [6.07, 6.45) is -0.418. The molecule has 0 bridgehead atoms. The summed E-state index contributed by atoms with van der Waals surface area (Å²) in [6.45, 7) is 10.9. The van der Waals surface area contributed by atoms with Crippen LogP contribution in [0.4, 0.5) is 4.79 Å². The van der Waals surface area contributed by atoms with E-state index in [1.807, 2.05) is 34.6 Å². The van der Waals surface area contributed by atoms with Gasteiger partial charge in [-0.3, -0.25) is 0 Å². The van der Waals surface area contributed by atoms with Gasteiger partial charge in [-0.25, -0.2) is 14.4 Å². The number of ether oxygens (including phenoxy) is 2. The smallest absolute Gasteiger partial charge is 0.414 e. The van der Waals surface area contributed by atoms with Crippen LogP contribution in [0, 0.1) is 0 Å². The Hall–Kier alpha value is -1.87. The molecule has 0 aliphatic carbocycles. The minimum Gasteiger partial charge on any atom is -0.473 e. The van der Waals surface area contributed by atoms with E-state index in [4.69, 9.17) is 35.0 Å². The molecule has 1 amide bonds. The average molecular weight is 334 g/mol. The first-order chi connectivity index (χ1) is 10.3. The number of carboxylic acids is 2. The molecule has 134 valence electrons. The number of nitrogens with two attached hydrogens (primary N) is 1. The van der Waals surface area contributed by atoms with Gasteiger partial charge >= 0.3 is 18.0 Å². The Morgan fingerprint density at radius 1 is 1.26 bits per heavy atom. The monoisotopic (exact) mass is 334 g/mol. The number of carboxylic acid groups (broad SMARTS) is 2. The average Bonchev–Trinajstić information content (AvgIpc) is 2.35. The van der Waals surface area contributed by atoms with Crippen LogP contribution in [-0.2, 0) is 19.1 Å². The molecule has 0 aromatic heterocycles. The molecule has 1 aliphatic heterocycles. The number of carbonyl (C=O) groups excluding carboxylic acids is 1. The third-order valence-electron chi connectivity index (χ3n) is 2.58. The largest absolute Gasteiger partial charge is 0.473 e. The highest BCUT2D eigenvalue weighted by Gasteiger charge is 2.36. The lowest BCUT2D eigenvalue weighted by molar-refractivity contribution is -0.159. The molecule has 4 N–H and O–H groups in total. The van der Waals surface area contributed by atoms with Gasteiger partial charge in [0.2, 0.25) is 0 Å². The van der Waals surface area contributed by atoms with Gasteiger partial charge in [-0.1, -0.05) is 0 Å². The van der Waals surface area contributed by atoms with Crippen LogP contribution in [0.25, 0.3) is 0 Å². The molecule has 1 heterocycles. The van der Waals surface area contributed by atoms with E-state index in [-0.39, 0.29) is 17.8 Å². The summed E-state index contributed by atoms with van der Waals surface area (Å²) in [7, 11) is 0. The second kappa shape index (κ2) is 8.11. The van der Waals surface area contributed by atoms with Crippen LogP contribution < -0.4 is 5.73 Å². The number of aliphatic carboxylic acids is 2. The Labute approximate surface area is 135 Å². The summed E-state index contributed by atoms with van der Waals surface area (Å²) in [4.78, 5) is 31.8. The first-order valence-electron chi connectivity index (χ1n) is 7.09. The Morgan fingerprint density at radius 2 is 1.74 bits per heavy atom. The van der Waals surface area contributed by atoms with Crippen molar-refractivity contribution < 1.29 is 34.1 Å². The molecule has 23 heavy (non-hydrogen) atoms. The molecular formula is C14H26N2O7. The molecule has 1 rings (SSSR count). The van der Waals surface area contributed by atoms with E-state index in [0.717, 1.165) is 0 Å². The van der Waals surface area contributed by atoms with Gasteiger partial charge in [0.05, 0.1) is 24.8 Å². The zero-order valence-corrected chi connectivity index (χ0v) is 14.2. The van der Waals surface area contributed by atoms with Gasteiger partial charge in [-0.2, -0.15) is 0 Å².